The van der Waals surface area contributed by atoms with Crippen molar-refractivity contribution in [3.63, 3.8) is 0 Å². The molecule has 1 fully saturated rings. The fourth-order valence-corrected chi connectivity index (χ4v) is 2.10. The van der Waals surface area contributed by atoms with E-state index in [0.717, 1.165) is 4.47 Å². The minimum atomic E-state index is -2.66. The lowest BCUT2D eigenvalue weighted by Crippen LogP contribution is -2.44. The maximum absolute atomic E-state index is 12.6. The summed E-state index contributed by atoms with van der Waals surface area (Å²) in [6.45, 7) is 0.264. The number of rotatable bonds is 3. The smallest absolute Gasteiger partial charge is 0.249 e. The molecular formula is C11H11BrF2N2O. The lowest BCUT2D eigenvalue weighted by atomic mass is 9.81. The van der Waals surface area contributed by atoms with Crippen LogP contribution in [-0.4, -0.2) is 16.8 Å². The van der Waals surface area contributed by atoms with Crippen molar-refractivity contribution in [1.82, 2.24) is 10.3 Å². The molecule has 3 nitrogen and oxygen atoms in total. The maximum atomic E-state index is 12.6. The third-order valence-corrected chi connectivity index (χ3v) is 3.18. The van der Waals surface area contributed by atoms with Crippen LogP contribution in [0.25, 0.3) is 0 Å². The van der Waals surface area contributed by atoms with Gasteiger partial charge in [0.1, 0.15) is 0 Å². The molecule has 1 aliphatic carbocycles. The first-order valence-corrected chi connectivity index (χ1v) is 6.01. The van der Waals surface area contributed by atoms with Crippen molar-refractivity contribution in [2.24, 2.45) is 5.92 Å². The number of carbonyl (C=O) groups is 1. The molecule has 17 heavy (non-hydrogen) atoms. The normalized spacial score (nSPS) is 18.5. The molecule has 6 heteroatoms. The van der Waals surface area contributed by atoms with Gasteiger partial charge in [-0.1, -0.05) is 15.9 Å². The zero-order valence-corrected chi connectivity index (χ0v) is 10.5. The van der Waals surface area contributed by atoms with E-state index in [4.69, 9.17) is 0 Å². The molecule has 0 saturated heterocycles. The molecule has 1 aromatic heterocycles. The highest BCUT2D eigenvalue weighted by molar-refractivity contribution is 9.10. The van der Waals surface area contributed by atoms with Crippen LogP contribution in [0.1, 0.15) is 18.5 Å². The Bertz CT molecular complexity index is 431. The van der Waals surface area contributed by atoms with E-state index in [2.05, 4.69) is 26.2 Å². The van der Waals surface area contributed by atoms with Crippen LogP contribution in [0.15, 0.2) is 22.8 Å². The maximum Gasteiger partial charge on any atom is 0.249 e. The van der Waals surface area contributed by atoms with Gasteiger partial charge in [0.05, 0.1) is 12.2 Å². The summed E-state index contributed by atoms with van der Waals surface area (Å²) in [7, 11) is 0. The highest BCUT2D eigenvalue weighted by Gasteiger charge is 2.48. The van der Waals surface area contributed by atoms with Gasteiger partial charge < -0.3 is 5.32 Å². The molecule has 0 radical (unpaired) electrons. The van der Waals surface area contributed by atoms with E-state index < -0.39 is 11.8 Å². The summed E-state index contributed by atoms with van der Waals surface area (Å²) in [5.41, 5.74) is 0.693. The molecule has 0 bridgehead atoms. The fraction of sp³-hybridized carbons (Fsp3) is 0.455. The Morgan fingerprint density at radius 3 is 2.88 bits per heavy atom. The quantitative estimate of drug-likeness (QED) is 0.932. The number of nitrogens with zero attached hydrogens (tertiary/aromatic N) is 1. The van der Waals surface area contributed by atoms with Gasteiger partial charge in [-0.3, -0.25) is 9.78 Å². The largest absolute Gasteiger partial charge is 0.350 e. The zero-order chi connectivity index (χ0) is 12.5. The molecule has 1 N–H and O–H groups in total. The van der Waals surface area contributed by atoms with Crippen LogP contribution in [0, 0.1) is 5.92 Å². The van der Waals surface area contributed by atoms with Crippen LogP contribution >= 0.6 is 15.9 Å². The monoisotopic (exact) mass is 304 g/mol. The number of nitrogens with one attached hydrogen (secondary N) is 1. The van der Waals surface area contributed by atoms with Crippen molar-refractivity contribution in [2.45, 2.75) is 25.3 Å². The van der Waals surface area contributed by atoms with Crippen molar-refractivity contribution in [1.29, 1.82) is 0 Å². The van der Waals surface area contributed by atoms with E-state index >= 15 is 0 Å². The first kappa shape index (κ1) is 12.4. The first-order valence-electron chi connectivity index (χ1n) is 5.22. The second-order valence-electron chi connectivity index (χ2n) is 4.14. The summed E-state index contributed by atoms with van der Waals surface area (Å²) in [6.07, 6.45) is 0.929. The molecule has 0 aliphatic heterocycles. The van der Waals surface area contributed by atoms with E-state index in [1.165, 1.54) is 0 Å². The molecule has 0 unspecified atom stereocenters. The third-order valence-electron chi connectivity index (χ3n) is 2.68. The Hall–Kier alpha value is -1.04. The Morgan fingerprint density at radius 2 is 2.29 bits per heavy atom. The lowest BCUT2D eigenvalue weighted by molar-refractivity contribution is -0.150. The van der Waals surface area contributed by atoms with Gasteiger partial charge >= 0.3 is 0 Å². The van der Waals surface area contributed by atoms with Gasteiger partial charge in [0.15, 0.2) is 0 Å². The Labute approximate surface area is 106 Å². The molecule has 0 aromatic carbocycles. The fourth-order valence-electron chi connectivity index (χ4n) is 1.71. The van der Waals surface area contributed by atoms with Crippen LogP contribution in [-0.2, 0) is 11.3 Å². The van der Waals surface area contributed by atoms with Crippen molar-refractivity contribution in [3.05, 3.63) is 28.5 Å². The Balaban J connectivity index is 1.81. The summed E-state index contributed by atoms with van der Waals surface area (Å²) in [6, 6.07) is 3.55. The van der Waals surface area contributed by atoms with Gasteiger partial charge in [0, 0.05) is 29.4 Å². The van der Waals surface area contributed by atoms with Gasteiger partial charge in [-0.2, -0.15) is 0 Å². The van der Waals surface area contributed by atoms with Crippen LogP contribution in [0.2, 0.25) is 0 Å². The number of carbonyl (C=O) groups excluding carboxylic acids is 1. The van der Waals surface area contributed by atoms with Crippen molar-refractivity contribution in [3.8, 4) is 0 Å². The molecule has 0 spiro atoms. The van der Waals surface area contributed by atoms with Gasteiger partial charge in [-0.05, 0) is 12.1 Å². The molecule has 2 rings (SSSR count). The number of halogens is 3. The molecule has 1 amide bonds. The van der Waals surface area contributed by atoms with Gasteiger partial charge in [0.2, 0.25) is 11.8 Å². The number of hydrogen-bond donors (Lipinski definition) is 1. The van der Waals surface area contributed by atoms with E-state index in [1.807, 2.05) is 0 Å². The first-order chi connectivity index (χ1) is 7.96. The molecule has 1 aliphatic rings. The number of pyridine rings is 1. The zero-order valence-electron chi connectivity index (χ0n) is 8.92. The minimum absolute atomic E-state index is 0.264. The van der Waals surface area contributed by atoms with Crippen LogP contribution < -0.4 is 5.32 Å². The van der Waals surface area contributed by atoms with E-state index in [1.54, 1.807) is 18.3 Å². The van der Waals surface area contributed by atoms with E-state index in [9.17, 15) is 13.6 Å². The highest BCUT2D eigenvalue weighted by Crippen LogP contribution is 2.42. The number of aromatic nitrogens is 1. The number of amides is 1. The van der Waals surface area contributed by atoms with Gasteiger partial charge in [-0.25, -0.2) is 8.78 Å². The summed E-state index contributed by atoms with van der Waals surface area (Å²) in [5.74, 6) is -3.54. The van der Waals surface area contributed by atoms with Crippen LogP contribution in [0.5, 0.6) is 0 Å². The second kappa shape index (κ2) is 4.68. The summed E-state index contributed by atoms with van der Waals surface area (Å²) in [5, 5.41) is 2.61. The Morgan fingerprint density at radius 1 is 1.59 bits per heavy atom. The highest BCUT2D eigenvalue weighted by atomic mass is 79.9. The van der Waals surface area contributed by atoms with Crippen molar-refractivity contribution >= 4 is 21.8 Å². The predicted octanol–water partition coefficient (Wildman–Crippen LogP) is 2.51. The second-order valence-corrected chi connectivity index (χ2v) is 5.06. The van der Waals surface area contributed by atoms with Gasteiger partial charge in [0.25, 0.3) is 0 Å². The molecule has 1 heterocycles. The van der Waals surface area contributed by atoms with Crippen LogP contribution in [0.3, 0.4) is 0 Å². The van der Waals surface area contributed by atoms with Gasteiger partial charge in [-0.15, -0.1) is 0 Å². The van der Waals surface area contributed by atoms with Crippen molar-refractivity contribution < 1.29 is 13.6 Å². The average Bonchev–Trinajstić information content (AvgIpc) is 2.22. The third kappa shape index (κ3) is 3.21. The average molecular weight is 305 g/mol. The Kier molecular flexibility index (Phi) is 3.42. The number of hydrogen-bond acceptors (Lipinski definition) is 2. The minimum Gasteiger partial charge on any atom is -0.350 e. The van der Waals surface area contributed by atoms with E-state index in [-0.39, 0.29) is 25.3 Å². The molecule has 0 atom stereocenters. The molecule has 1 aromatic rings. The topological polar surface area (TPSA) is 42.0 Å². The lowest BCUT2D eigenvalue weighted by Gasteiger charge is -2.33. The molecule has 92 valence electrons. The SMILES string of the molecule is O=C(NCc1cc(Br)ccn1)C1CC(F)(F)C1. The summed E-state index contributed by atoms with van der Waals surface area (Å²) >= 11 is 3.29. The number of alkyl halides is 2. The van der Waals surface area contributed by atoms with Crippen LogP contribution in [0.4, 0.5) is 8.78 Å². The summed E-state index contributed by atoms with van der Waals surface area (Å²) in [4.78, 5) is 15.5. The predicted molar refractivity (Wildman–Crippen MR) is 61.5 cm³/mol. The van der Waals surface area contributed by atoms with E-state index in [0.29, 0.717) is 5.69 Å². The molecular weight excluding hydrogens is 294 g/mol. The summed E-state index contributed by atoms with van der Waals surface area (Å²) < 4.78 is 26.0. The molecule has 1 saturated carbocycles. The standard InChI is InChI=1S/C11H11BrF2N2O/c12-8-1-2-15-9(3-8)6-16-10(17)7-4-11(13,14)5-7/h1-3,7H,4-6H2,(H,16,17). The van der Waals surface area contributed by atoms with Crippen molar-refractivity contribution in [2.75, 3.05) is 0 Å².